The molecule has 1 aliphatic heterocycles. The van der Waals surface area contributed by atoms with Gasteiger partial charge in [0.05, 0.1) is 12.2 Å². The lowest BCUT2D eigenvalue weighted by molar-refractivity contribution is 0.0550. The molecule has 0 radical (unpaired) electrons. The van der Waals surface area contributed by atoms with Gasteiger partial charge in [0.2, 0.25) is 10.0 Å². The average molecular weight is 353 g/mol. The zero-order chi connectivity index (χ0) is 17.2. The number of aromatic nitrogens is 4. The Labute approximate surface area is 141 Å². The molecule has 3 heterocycles. The number of hydrogen-bond donors (Lipinski definition) is 1. The van der Waals surface area contributed by atoms with E-state index in [-0.39, 0.29) is 16.9 Å². The molecular formula is C15H23N5O3S. The Kier molecular flexibility index (Phi) is 5.02. The predicted octanol–water partition coefficient (Wildman–Crippen LogP) is 1.08. The summed E-state index contributed by atoms with van der Waals surface area (Å²) in [5.41, 5.74) is 0. The van der Waals surface area contributed by atoms with Crippen molar-refractivity contribution in [3.8, 4) is 0 Å². The van der Waals surface area contributed by atoms with E-state index in [1.807, 2.05) is 17.7 Å². The number of hydrogen-bond acceptors (Lipinski definition) is 5. The average Bonchev–Trinajstić information content (AvgIpc) is 3.22. The van der Waals surface area contributed by atoms with Crippen molar-refractivity contribution in [1.82, 2.24) is 24.1 Å². The Bertz CT molecular complexity index is 777. The topological polar surface area (TPSA) is 91.0 Å². The van der Waals surface area contributed by atoms with E-state index in [0.29, 0.717) is 13.2 Å². The Balaban J connectivity index is 1.92. The largest absolute Gasteiger partial charge is 0.381 e. The molecule has 0 saturated carbocycles. The molecular weight excluding hydrogens is 330 g/mol. The molecule has 0 spiro atoms. The standard InChI is InChI=1S/C15H23N5O3S/c1-3-20-7-6-16-15(20)14(12-4-8-23-9-5-12)18-24(21,22)13-10-17-19(2)11-13/h6-7,10-12,14,18H,3-5,8-9H2,1-2H3/t14-/m0/s1. The number of sulfonamides is 1. The van der Waals surface area contributed by atoms with Gasteiger partial charge in [-0.05, 0) is 25.7 Å². The highest BCUT2D eigenvalue weighted by Gasteiger charge is 2.33. The first kappa shape index (κ1) is 17.1. The molecule has 1 atom stereocenters. The van der Waals surface area contributed by atoms with Gasteiger partial charge in [0, 0.05) is 45.4 Å². The molecule has 0 bridgehead atoms. The summed E-state index contributed by atoms with van der Waals surface area (Å²) in [5.74, 6) is 0.898. The van der Waals surface area contributed by atoms with Crippen LogP contribution in [0.4, 0.5) is 0 Å². The minimum Gasteiger partial charge on any atom is -0.381 e. The van der Waals surface area contributed by atoms with Crippen molar-refractivity contribution in [2.75, 3.05) is 13.2 Å². The first-order chi connectivity index (χ1) is 11.5. The van der Waals surface area contributed by atoms with Crippen LogP contribution in [0.15, 0.2) is 29.7 Å². The fourth-order valence-corrected chi connectivity index (χ4v) is 4.29. The fourth-order valence-electron chi connectivity index (χ4n) is 3.05. The first-order valence-corrected chi connectivity index (χ1v) is 9.59. The van der Waals surface area contributed by atoms with Crippen LogP contribution in [0.25, 0.3) is 0 Å². The van der Waals surface area contributed by atoms with Crippen LogP contribution in [0, 0.1) is 5.92 Å². The molecule has 132 valence electrons. The Hall–Kier alpha value is -1.71. The number of aryl methyl sites for hydroxylation is 2. The van der Waals surface area contributed by atoms with Crippen molar-refractivity contribution < 1.29 is 13.2 Å². The van der Waals surface area contributed by atoms with Crippen molar-refractivity contribution in [3.05, 3.63) is 30.6 Å². The molecule has 1 saturated heterocycles. The molecule has 8 nitrogen and oxygen atoms in total. The lowest BCUT2D eigenvalue weighted by Gasteiger charge is -2.30. The molecule has 2 aromatic heterocycles. The van der Waals surface area contributed by atoms with Crippen LogP contribution in [0.2, 0.25) is 0 Å². The maximum atomic E-state index is 12.8. The van der Waals surface area contributed by atoms with Gasteiger partial charge in [-0.15, -0.1) is 0 Å². The van der Waals surface area contributed by atoms with Gasteiger partial charge < -0.3 is 9.30 Å². The summed E-state index contributed by atoms with van der Waals surface area (Å²) in [4.78, 5) is 4.58. The SMILES string of the molecule is CCn1ccnc1[C@@H](NS(=O)(=O)c1cnn(C)c1)C1CCOCC1. The van der Waals surface area contributed by atoms with Gasteiger partial charge >= 0.3 is 0 Å². The Morgan fingerprint density at radius 3 is 2.79 bits per heavy atom. The summed E-state index contributed by atoms with van der Waals surface area (Å²) in [6, 6.07) is -0.381. The van der Waals surface area contributed by atoms with Crippen molar-refractivity contribution in [2.45, 2.75) is 37.2 Å². The quantitative estimate of drug-likeness (QED) is 0.839. The van der Waals surface area contributed by atoms with E-state index in [1.165, 1.54) is 17.1 Å². The van der Waals surface area contributed by atoms with Crippen LogP contribution >= 0.6 is 0 Å². The maximum absolute atomic E-state index is 12.8. The van der Waals surface area contributed by atoms with Crippen molar-refractivity contribution in [2.24, 2.45) is 13.0 Å². The van der Waals surface area contributed by atoms with Gasteiger partial charge in [0.1, 0.15) is 10.7 Å². The van der Waals surface area contributed by atoms with Crippen molar-refractivity contribution in [3.63, 3.8) is 0 Å². The number of nitrogens with one attached hydrogen (secondary N) is 1. The molecule has 1 aliphatic rings. The van der Waals surface area contributed by atoms with Crippen LogP contribution in [-0.4, -0.2) is 41.0 Å². The molecule has 2 aromatic rings. The highest BCUT2D eigenvalue weighted by atomic mass is 32.2. The molecule has 0 aliphatic carbocycles. The second kappa shape index (κ2) is 7.04. The van der Waals surface area contributed by atoms with Gasteiger partial charge in [-0.3, -0.25) is 4.68 Å². The highest BCUT2D eigenvalue weighted by Crippen LogP contribution is 2.30. The number of rotatable bonds is 6. The third-order valence-corrected chi connectivity index (χ3v) is 5.77. The van der Waals surface area contributed by atoms with Crippen LogP contribution in [-0.2, 0) is 28.4 Å². The van der Waals surface area contributed by atoms with Gasteiger partial charge in [0.15, 0.2) is 0 Å². The lowest BCUT2D eigenvalue weighted by atomic mass is 9.92. The van der Waals surface area contributed by atoms with Crippen molar-refractivity contribution >= 4 is 10.0 Å². The monoisotopic (exact) mass is 353 g/mol. The molecule has 24 heavy (non-hydrogen) atoms. The summed E-state index contributed by atoms with van der Waals surface area (Å²) in [7, 11) is -1.97. The van der Waals surface area contributed by atoms with E-state index in [4.69, 9.17) is 4.74 Å². The summed E-state index contributed by atoms with van der Waals surface area (Å²) in [5, 5.41) is 3.96. The van der Waals surface area contributed by atoms with Gasteiger partial charge in [0.25, 0.3) is 0 Å². The number of nitrogens with zero attached hydrogens (tertiary/aromatic N) is 4. The third-order valence-electron chi connectivity index (χ3n) is 4.38. The van der Waals surface area contributed by atoms with Gasteiger partial charge in [-0.2, -0.15) is 5.10 Å². The van der Waals surface area contributed by atoms with E-state index in [0.717, 1.165) is 25.2 Å². The molecule has 0 unspecified atom stereocenters. The third kappa shape index (κ3) is 3.52. The molecule has 0 aromatic carbocycles. The maximum Gasteiger partial charge on any atom is 0.244 e. The highest BCUT2D eigenvalue weighted by molar-refractivity contribution is 7.89. The van der Waals surface area contributed by atoms with Gasteiger partial charge in [-0.25, -0.2) is 18.1 Å². The van der Waals surface area contributed by atoms with E-state index < -0.39 is 10.0 Å². The van der Waals surface area contributed by atoms with Gasteiger partial charge in [-0.1, -0.05) is 0 Å². The Morgan fingerprint density at radius 2 is 2.17 bits per heavy atom. The smallest absolute Gasteiger partial charge is 0.244 e. The zero-order valence-electron chi connectivity index (χ0n) is 13.9. The predicted molar refractivity (Wildman–Crippen MR) is 87.7 cm³/mol. The van der Waals surface area contributed by atoms with E-state index in [9.17, 15) is 8.42 Å². The lowest BCUT2D eigenvalue weighted by Crippen LogP contribution is -2.37. The van der Waals surface area contributed by atoms with E-state index in [2.05, 4.69) is 14.8 Å². The molecule has 0 amide bonds. The first-order valence-electron chi connectivity index (χ1n) is 8.11. The second-order valence-electron chi connectivity index (χ2n) is 5.97. The number of imidazole rings is 1. The van der Waals surface area contributed by atoms with Crippen molar-refractivity contribution in [1.29, 1.82) is 0 Å². The summed E-state index contributed by atoms with van der Waals surface area (Å²) >= 11 is 0. The van der Waals surface area contributed by atoms with Crippen LogP contribution in [0.1, 0.15) is 31.6 Å². The number of ether oxygens (including phenoxy) is 1. The van der Waals surface area contributed by atoms with Crippen LogP contribution in [0.5, 0.6) is 0 Å². The molecule has 9 heteroatoms. The normalized spacial score (nSPS) is 17.9. The molecule has 3 rings (SSSR count). The minimum atomic E-state index is -3.67. The minimum absolute atomic E-state index is 0.151. The zero-order valence-corrected chi connectivity index (χ0v) is 14.7. The molecule has 1 fully saturated rings. The van der Waals surface area contributed by atoms with E-state index in [1.54, 1.807) is 13.2 Å². The van der Waals surface area contributed by atoms with Crippen LogP contribution in [0.3, 0.4) is 0 Å². The summed E-state index contributed by atoms with van der Waals surface area (Å²) < 4.78 is 37.3. The Morgan fingerprint density at radius 1 is 1.42 bits per heavy atom. The molecule has 1 N–H and O–H groups in total. The second-order valence-corrected chi connectivity index (χ2v) is 7.68. The fraction of sp³-hybridized carbons (Fsp3) is 0.600. The summed E-state index contributed by atoms with van der Waals surface area (Å²) in [6.07, 6.45) is 8.04. The summed E-state index contributed by atoms with van der Waals surface area (Å²) in [6.45, 7) is 4.04. The van der Waals surface area contributed by atoms with E-state index >= 15 is 0 Å². The van der Waals surface area contributed by atoms with Crippen LogP contribution < -0.4 is 4.72 Å².